The average molecular weight is 269 g/mol. The van der Waals surface area contributed by atoms with Gasteiger partial charge in [-0.3, -0.25) is 20.3 Å². The second-order valence-corrected chi connectivity index (χ2v) is 3.96. The molecule has 1 aromatic rings. The second kappa shape index (κ2) is 5.72. The van der Waals surface area contributed by atoms with Gasteiger partial charge in [-0.05, 0) is 12.1 Å². The number of hydrogen-bond donors (Lipinski definition) is 1. The summed E-state index contributed by atoms with van der Waals surface area (Å²) in [7, 11) is 0. The number of rotatable bonds is 3. The minimum atomic E-state index is -0.965. The van der Waals surface area contributed by atoms with Gasteiger partial charge in [0.15, 0.2) is 0 Å². The van der Waals surface area contributed by atoms with Crippen LogP contribution in [0.3, 0.4) is 0 Å². The van der Waals surface area contributed by atoms with Crippen LogP contribution in [0.5, 0.6) is 0 Å². The van der Waals surface area contributed by atoms with Crippen molar-refractivity contribution < 1.29 is 18.8 Å². The highest BCUT2D eigenvalue weighted by molar-refractivity contribution is 5.94. The van der Waals surface area contributed by atoms with Crippen molar-refractivity contribution in [3.63, 3.8) is 0 Å². The zero-order chi connectivity index (χ0) is 13.8. The van der Waals surface area contributed by atoms with Gasteiger partial charge in [0.05, 0.1) is 18.1 Å². The number of hydrogen-bond acceptors (Lipinski definition) is 5. The quantitative estimate of drug-likeness (QED) is 0.645. The van der Waals surface area contributed by atoms with E-state index in [0.717, 1.165) is 12.1 Å². The van der Waals surface area contributed by atoms with Crippen molar-refractivity contribution in [2.45, 2.75) is 0 Å². The zero-order valence-corrected chi connectivity index (χ0v) is 9.97. The standard InChI is InChI=1S/C11H12FN3O4/c12-9-2-1-8(7-10(9)15(17)18)11(16)13-14-3-5-19-6-4-14/h1-2,7H,3-6H2,(H,13,16). The van der Waals surface area contributed by atoms with E-state index in [1.165, 1.54) is 6.07 Å². The van der Waals surface area contributed by atoms with Gasteiger partial charge in [-0.25, -0.2) is 5.01 Å². The lowest BCUT2D eigenvalue weighted by atomic mass is 10.2. The van der Waals surface area contributed by atoms with Crippen molar-refractivity contribution in [3.8, 4) is 0 Å². The molecule has 1 saturated heterocycles. The predicted octanol–water partition coefficient (Wildman–Crippen LogP) is 0.711. The Kier molecular flexibility index (Phi) is 4.03. The molecule has 0 aliphatic carbocycles. The summed E-state index contributed by atoms with van der Waals surface area (Å²) in [4.78, 5) is 21.6. The lowest BCUT2D eigenvalue weighted by Gasteiger charge is -2.26. The zero-order valence-electron chi connectivity index (χ0n) is 9.97. The molecule has 1 amide bonds. The third kappa shape index (κ3) is 3.24. The third-order valence-corrected chi connectivity index (χ3v) is 2.68. The lowest BCUT2D eigenvalue weighted by Crippen LogP contribution is -2.48. The maximum Gasteiger partial charge on any atom is 0.305 e. The normalized spacial score (nSPS) is 16.1. The van der Waals surface area contributed by atoms with E-state index in [2.05, 4.69) is 5.43 Å². The van der Waals surface area contributed by atoms with E-state index >= 15 is 0 Å². The van der Waals surface area contributed by atoms with E-state index in [0.29, 0.717) is 26.3 Å². The highest BCUT2D eigenvalue weighted by Gasteiger charge is 2.19. The summed E-state index contributed by atoms with van der Waals surface area (Å²) in [6.07, 6.45) is 0. The Morgan fingerprint density at radius 3 is 2.74 bits per heavy atom. The number of ether oxygens (including phenoxy) is 1. The summed E-state index contributed by atoms with van der Waals surface area (Å²) >= 11 is 0. The van der Waals surface area contributed by atoms with Gasteiger partial charge in [0.1, 0.15) is 0 Å². The molecule has 0 unspecified atom stereocenters. The monoisotopic (exact) mass is 269 g/mol. The number of carbonyl (C=O) groups is 1. The van der Waals surface area contributed by atoms with E-state index < -0.39 is 22.3 Å². The summed E-state index contributed by atoms with van der Waals surface area (Å²) < 4.78 is 18.3. The van der Waals surface area contributed by atoms with Crippen LogP contribution in [-0.2, 0) is 4.74 Å². The first-order valence-corrected chi connectivity index (χ1v) is 5.65. The number of nitro groups is 1. The van der Waals surface area contributed by atoms with Crippen LogP contribution < -0.4 is 5.43 Å². The fourth-order valence-electron chi connectivity index (χ4n) is 1.68. The minimum Gasteiger partial charge on any atom is -0.379 e. The fourth-order valence-corrected chi connectivity index (χ4v) is 1.68. The number of nitro benzene ring substituents is 1. The average Bonchev–Trinajstić information content (AvgIpc) is 2.40. The van der Waals surface area contributed by atoms with Crippen molar-refractivity contribution in [3.05, 3.63) is 39.7 Å². The Labute approximate surface area is 108 Å². The second-order valence-electron chi connectivity index (χ2n) is 3.96. The van der Waals surface area contributed by atoms with Gasteiger partial charge in [0.25, 0.3) is 5.91 Å². The summed E-state index contributed by atoms with van der Waals surface area (Å²) in [5.41, 5.74) is 1.92. The van der Waals surface area contributed by atoms with Crippen LogP contribution in [0.2, 0.25) is 0 Å². The van der Waals surface area contributed by atoms with Crippen LogP contribution in [0.25, 0.3) is 0 Å². The predicted molar refractivity (Wildman–Crippen MR) is 62.9 cm³/mol. The van der Waals surface area contributed by atoms with Crippen molar-refractivity contribution >= 4 is 11.6 Å². The third-order valence-electron chi connectivity index (χ3n) is 2.68. The van der Waals surface area contributed by atoms with Gasteiger partial charge < -0.3 is 4.74 Å². The molecular weight excluding hydrogens is 257 g/mol. The molecule has 2 rings (SSSR count). The smallest absolute Gasteiger partial charge is 0.305 e. The number of carbonyl (C=O) groups excluding carboxylic acids is 1. The van der Waals surface area contributed by atoms with Crippen molar-refractivity contribution in [1.82, 2.24) is 10.4 Å². The molecule has 1 heterocycles. The number of benzene rings is 1. The Balaban J connectivity index is 2.10. The summed E-state index contributed by atoms with van der Waals surface area (Å²) in [5, 5.41) is 12.2. The van der Waals surface area contributed by atoms with Crippen LogP contribution in [0.15, 0.2) is 18.2 Å². The maximum atomic E-state index is 13.1. The summed E-state index contributed by atoms with van der Waals surface area (Å²) in [5.74, 6) is -1.47. The van der Waals surface area contributed by atoms with Crippen LogP contribution >= 0.6 is 0 Å². The molecule has 1 aliphatic rings. The number of nitrogens with zero attached hydrogens (tertiary/aromatic N) is 2. The topological polar surface area (TPSA) is 84.7 Å². The molecule has 8 heteroatoms. The van der Waals surface area contributed by atoms with E-state index in [4.69, 9.17) is 4.74 Å². The molecule has 1 N–H and O–H groups in total. The van der Waals surface area contributed by atoms with Gasteiger partial charge in [-0.15, -0.1) is 0 Å². The maximum absolute atomic E-state index is 13.1. The molecule has 1 fully saturated rings. The van der Waals surface area contributed by atoms with Gasteiger partial charge in [0, 0.05) is 24.7 Å². The molecular formula is C11H12FN3O4. The van der Waals surface area contributed by atoms with E-state index in [-0.39, 0.29) is 5.56 Å². The number of morpholine rings is 1. The van der Waals surface area contributed by atoms with Gasteiger partial charge >= 0.3 is 5.69 Å². The van der Waals surface area contributed by atoms with E-state index in [9.17, 15) is 19.3 Å². The van der Waals surface area contributed by atoms with Crippen LogP contribution in [0.1, 0.15) is 10.4 Å². The molecule has 19 heavy (non-hydrogen) atoms. The Hall–Kier alpha value is -2.06. The van der Waals surface area contributed by atoms with E-state index in [1.807, 2.05) is 0 Å². The number of nitrogens with one attached hydrogen (secondary N) is 1. The highest BCUT2D eigenvalue weighted by Crippen LogP contribution is 2.18. The molecule has 0 aromatic heterocycles. The Bertz CT molecular complexity index is 503. The highest BCUT2D eigenvalue weighted by atomic mass is 19.1. The van der Waals surface area contributed by atoms with Crippen molar-refractivity contribution in [2.24, 2.45) is 0 Å². The van der Waals surface area contributed by atoms with Gasteiger partial charge in [-0.1, -0.05) is 0 Å². The first-order chi connectivity index (χ1) is 9.08. The first-order valence-electron chi connectivity index (χ1n) is 5.65. The molecule has 0 saturated carbocycles. The van der Waals surface area contributed by atoms with Gasteiger partial charge in [-0.2, -0.15) is 4.39 Å². The minimum absolute atomic E-state index is 0.0413. The van der Waals surface area contributed by atoms with Crippen molar-refractivity contribution in [2.75, 3.05) is 26.3 Å². The van der Waals surface area contributed by atoms with Gasteiger partial charge in [0.2, 0.25) is 5.82 Å². The SMILES string of the molecule is O=C(NN1CCOCC1)c1ccc(F)c([N+](=O)[O-])c1. The molecule has 0 radical (unpaired) electrons. The Morgan fingerprint density at radius 1 is 1.42 bits per heavy atom. The summed E-state index contributed by atoms with van der Waals surface area (Å²) in [6.45, 7) is 2.08. The first kappa shape index (κ1) is 13.4. The molecule has 102 valence electrons. The molecule has 1 aromatic carbocycles. The lowest BCUT2D eigenvalue weighted by molar-refractivity contribution is -0.387. The van der Waals surface area contributed by atoms with Crippen LogP contribution in [-0.4, -0.2) is 42.1 Å². The number of halogens is 1. The molecule has 0 atom stereocenters. The summed E-state index contributed by atoms with van der Waals surface area (Å²) in [6, 6.07) is 3.04. The van der Waals surface area contributed by atoms with Crippen LogP contribution in [0, 0.1) is 15.9 Å². The molecule has 0 bridgehead atoms. The largest absolute Gasteiger partial charge is 0.379 e. The fraction of sp³-hybridized carbons (Fsp3) is 0.364. The Morgan fingerprint density at radius 2 is 2.11 bits per heavy atom. The molecule has 0 spiro atoms. The molecule has 7 nitrogen and oxygen atoms in total. The number of hydrazine groups is 1. The number of amides is 1. The van der Waals surface area contributed by atoms with Crippen molar-refractivity contribution in [1.29, 1.82) is 0 Å². The van der Waals surface area contributed by atoms with Crippen LogP contribution in [0.4, 0.5) is 10.1 Å². The molecule has 1 aliphatic heterocycles. The van der Waals surface area contributed by atoms with E-state index in [1.54, 1.807) is 5.01 Å².